The number of piperazine rings is 1. The molecule has 1 aromatic carbocycles. The maximum absolute atomic E-state index is 13.0. The molecule has 4 heterocycles. The van der Waals surface area contributed by atoms with Gasteiger partial charge in [-0.2, -0.15) is 0 Å². The number of aromatic nitrogens is 5. The first-order chi connectivity index (χ1) is 17.0. The second kappa shape index (κ2) is 10.2. The van der Waals surface area contributed by atoms with E-state index in [1.54, 1.807) is 17.7 Å². The number of anilines is 1. The van der Waals surface area contributed by atoms with Gasteiger partial charge in [-0.3, -0.25) is 4.79 Å². The predicted octanol–water partition coefficient (Wildman–Crippen LogP) is 3.58. The lowest BCUT2D eigenvalue weighted by atomic mass is 9.98. The van der Waals surface area contributed by atoms with E-state index in [-0.39, 0.29) is 11.9 Å². The SMILES string of the molecule is CCc1cc2c(N3CCN(C(=O)CCCOn4nnc5ccccc54)CC3C(C)C)ncnc2s1. The van der Waals surface area contributed by atoms with E-state index in [0.29, 0.717) is 38.5 Å². The lowest BCUT2D eigenvalue weighted by Crippen LogP contribution is -2.57. The molecule has 10 heteroatoms. The molecular formula is C25H31N7O2S. The van der Waals surface area contributed by atoms with Crippen LogP contribution in [0.15, 0.2) is 36.7 Å². The number of fused-ring (bicyclic) bond motifs is 2. The van der Waals surface area contributed by atoms with Crippen LogP contribution in [0.3, 0.4) is 0 Å². The van der Waals surface area contributed by atoms with E-state index in [2.05, 4.69) is 52.0 Å². The normalized spacial score (nSPS) is 16.5. The highest BCUT2D eigenvalue weighted by molar-refractivity contribution is 7.18. The van der Waals surface area contributed by atoms with Crippen molar-refractivity contribution in [1.29, 1.82) is 0 Å². The molecule has 1 atom stereocenters. The number of nitrogens with zero attached hydrogens (tertiary/aromatic N) is 7. The fraction of sp³-hybridized carbons (Fsp3) is 0.480. The molecule has 0 radical (unpaired) electrons. The number of carbonyl (C=O) groups is 1. The van der Waals surface area contributed by atoms with Crippen LogP contribution < -0.4 is 9.74 Å². The van der Waals surface area contributed by atoms with Gasteiger partial charge in [0.2, 0.25) is 5.91 Å². The Hall–Kier alpha value is -3.27. The number of para-hydroxylation sites is 1. The zero-order valence-electron chi connectivity index (χ0n) is 20.4. The second-order valence-corrected chi connectivity index (χ2v) is 10.3. The smallest absolute Gasteiger partial charge is 0.222 e. The molecule has 5 rings (SSSR count). The summed E-state index contributed by atoms with van der Waals surface area (Å²) in [5, 5.41) is 9.24. The average Bonchev–Trinajstić information content (AvgIpc) is 3.50. The van der Waals surface area contributed by atoms with Crippen LogP contribution in [0.25, 0.3) is 21.3 Å². The second-order valence-electron chi connectivity index (χ2n) is 9.21. The van der Waals surface area contributed by atoms with Gasteiger partial charge in [0.05, 0.1) is 11.4 Å². The lowest BCUT2D eigenvalue weighted by Gasteiger charge is -2.44. The van der Waals surface area contributed by atoms with Gasteiger partial charge in [-0.05, 0) is 42.2 Å². The van der Waals surface area contributed by atoms with Gasteiger partial charge < -0.3 is 14.6 Å². The fourth-order valence-corrected chi connectivity index (χ4v) is 5.57. The molecule has 0 aliphatic carbocycles. The van der Waals surface area contributed by atoms with E-state index in [4.69, 9.17) is 4.84 Å². The van der Waals surface area contributed by atoms with E-state index in [1.165, 1.54) is 9.72 Å². The van der Waals surface area contributed by atoms with Gasteiger partial charge in [-0.15, -0.1) is 16.4 Å². The predicted molar refractivity (Wildman–Crippen MR) is 138 cm³/mol. The van der Waals surface area contributed by atoms with Gasteiger partial charge in [0.25, 0.3) is 0 Å². The molecule has 184 valence electrons. The monoisotopic (exact) mass is 493 g/mol. The molecule has 1 fully saturated rings. The summed E-state index contributed by atoms with van der Waals surface area (Å²) in [6.07, 6.45) is 3.73. The van der Waals surface area contributed by atoms with Crippen LogP contribution in [-0.4, -0.2) is 68.2 Å². The maximum atomic E-state index is 13.0. The first-order valence-electron chi connectivity index (χ1n) is 12.3. The summed E-state index contributed by atoms with van der Waals surface area (Å²) < 4.78 is 0. The number of rotatable bonds is 8. The van der Waals surface area contributed by atoms with Gasteiger partial charge in [0, 0.05) is 30.9 Å². The van der Waals surface area contributed by atoms with Crippen molar-refractivity contribution >= 4 is 44.3 Å². The van der Waals surface area contributed by atoms with Crippen LogP contribution in [0.4, 0.5) is 5.82 Å². The molecule has 0 N–H and O–H groups in total. The van der Waals surface area contributed by atoms with Crippen LogP contribution >= 0.6 is 11.3 Å². The van der Waals surface area contributed by atoms with Gasteiger partial charge >= 0.3 is 0 Å². The number of thiophene rings is 1. The number of hydrogen-bond donors (Lipinski definition) is 0. The Morgan fingerprint density at radius 1 is 1.23 bits per heavy atom. The van der Waals surface area contributed by atoms with Crippen LogP contribution in [0.1, 0.15) is 38.5 Å². The average molecular weight is 494 g/mol. The first-order valence-corrected chi connectivity index (χ1v) is 13.1. The van der Waals surface area contributed by atoms with Crippen molar-refractivity contribution in [3.63, 3.8) is 0 Å². The Bertz CT molecular complexity index is 1320. The Morgan fingerprint density at radius 3 is 2.91 bits per heavy atom. The molecule has 4 aromatic rings. The van der Waals surface area contributed by atoms with E-state index >= 15 is 0 Å². The summed E-state index contributed by atoms with van der Waals surface area (Å²) in [7, 11) is 0. The standard InChI is InChI=1S/C25H31N7O2S/c1-4-18-14-19-24(26-16-27-25(19)35-18)31-12-11-30(15-22(31)17(2)3)23(33)10-7-13-34-32-21-9-6-5-8-20(21)28-29-32/h5-6,8-9,14,16-17,22H,4,7,10-13,15H2,1-3H3. The van der Waals surface area contributed by atoms with Crippen molar-refractivity contribution < 1.29 is 9.63 Å². The summed E-state index contributed by atoms with van der Waals surface area (Å²) in [4.78, 5) is 36.1. The van der Waals surface area contributed by atoms with Crippen molar-refractivity contribution in [3.05, 3.63) is 41.5 Å². The van der Waals surface area contributed by atoms with E-state index in [0.717, 1.165) is 40.0 Å². The quantitative estimate of drug-likeness (QED) is 0.347. The third kappa shape index (κ3) is 4.80. The van der Waals surface area contributed by atoms with E-state index in [9.17, 15) is 4.79 Å². The third-order valence-electron chi connectivity index (χ3n) is 6.59. The van der Waals surface area contributed by atoms with Gasteiger partial charge in [0.1, 0.15) is 34.6 Å². The first kappa shape index (κ1) is 23.5. The molecular weight excluding hydrogens is 462 g/mol. The van der Waals surface area contributed by atoms with Gasteiger partial charge in [-0.1, -0.05) is 37.7 Å². The summed E-state index contributed by atoms with van der Waals surface area (Å²) >= 11 is 1.74. The Kier molecular flexibility index (Phi) is 6.81. The molecule has 9 nitrogen and oxygen atoms in total. The molecule has 0 spiro atoms. The van der Waals surface area contributed by atoms with Crippen LogP contribution in [-0.2, 0) is 11.2 Å². The summed E-state index contributed by atoms with van der Waals surface area (Å²) in [6.45, 7) is 9.15. The molecule has 1 amide bonds. The van der Waals surface area contributed by atoms with Crippen LogP contribution in [0.2, 0.25) is 0 Å². The molecule has 3 aromatic heterocycles. The summed E-state index contributed by atoms with van der Waals surface area (Å²) in [5.74, 6) is 1.54. The number of carbonyl (C=O) groups excluding carboxylic acids is 1. The van der Waals surface area contributed by atoms with Gasteiger partial charge in [-0.25, -0.2) is 9.97 Å². The van der Waals surface area contributed by atoms with Crippen LogP contribution in [0, 0.1) is 5.92 Å². The van der Waals surface area contributed by atoms with E-state index in [1.807, 2.05) is 29.2 Å². The highest BCUT2D eigenvalue weighted by Gasteiger charge is 2.33. The lowest BCUT2D eigenvalue weighted by molar-refractivity contribution is -0.132. The number of amides is 1. The zero-order valence-corrected chi connectivity index (χ0v) is 21.2. The van der Waals surface area contributed by atoms with Crippen molar-refractivity contribution in [1.82, 2.24) is 30.0 Å². The third-order valence-corrected chi connectivity index (χ3v) is 7.78. The molecule has 0 saturated carbocycles. The minimum atomic E-state index is 0.166. The summed E-state index contributed by atoms with van der Waals surface area (Å²) in [5.41, 5.74) is 1.61. The Balaban J connectivity index is 1.20. The van der Waals surface area contributed by atoms with Crippen molar-refractivity contribution in [2.24, 2.45) is 5.92 Å². The molecule has 0 bridgehead atoms. The largest absolute Gasteiger partial charge is 0.395 e. The molecule has 1 aliphatic heterocycles. The molecule has 1 unspecified atom stereocenters. The minimum absolute atomic E-state index is 0.166. The van der Waals surface area contributed by atoms with E-state index < -0.39 is 0 Å². The molecule has 1 aliphatic rings. The summed E-state index contributed by atoms with van der Waals surface area (Å²) in [6, 6.07) is 10.1. The number of aryl methyl sites for hydroxylation is 1. The van der Waals surface area contributed by atoms with Crippen molar-refractivity contribution in [2.45, 2.75) is 46.1 Å². The highest BCUT2D eigenvalue weighted by Crippen LogP contribution is 2.33. The number of benzene rings is 1. The van der Waals surface area contributed by atoms with Crippen molar-refractivity contribution in [3.8, 4) is 0 Å². The molecule has 35 heavy (non-hydrogen) atoms. The van der Waals surface area contributed by atoms with Crippen LogP contribution in [0.5, 0.6) is 0 Å². The Labute approximate surface area is 208 Å². The number of hydrogen-bond acceptors (Lipinski definition) is 8. The topological polar surface area (TPSA) is 89.3 Å². The maximum Gasteiger partial charge on any atom is 0.222 e. The zero-order chi connectivity index (χ0) is 24.4. The van der Waals surface area contributed by atoms with Gasteiger partial charge in [0.15, 0.2) is 0 Å². The Morgan fingerprint density at radius 2 is 2.09 bits per heavy atom. The fourth-order valence-electron chi connectivity index (χ4n) is 4.64. The minimum Gasteiger partial charge on any atom is -0.395 e. The highest BCUT2D eigenvalue weighted by atomic mass is 32.1. The van der Waals surface area contributed by atoms with Crippen molar-refractivity contribution in [2.75, 3.05) is 31.1 Å². The molecule has 1 saturated heterocycles.